The third-order valence-corrected chi connectivity index (χ3v) is 6.27. The van der Waals surface area contributed by atoms with Crippen LogP contribution in [0.5, 0.6) is 0 Å². The van der Waals surface area contributed by atoms with Gasteiger partial charge in [-0.25, -0.2) is 17.9 Å². The fraction of sp³-hybridized carbons (Fsp3) is 0.500. The quantitative estimate of drug-likeness (QED) is 0.843. The van der Waals surface area contributed by atoms with Gasteiger partial charge in [0.15, 0.2) is 0 Å². The van der Waals surface area contributed by atoms with Gasteiger partial charge in [0.2, 0.25) is 10.0 Å². The van der Waals surface area contributed by atoms with Crippen LogP contribution in [0.15, 0.2) is 21.5 Å². The molecule has 0 spiro atoms. The molecule has 1 unspecified atom stereocenters. The second-order valence-corrected chi connectivity index (χ2v) is 8.59. The van der Waals surface area contributed by atoms with Crippen LogP contribution in [0.1, 0.15) is 43.6 Å². The van der Waals surface area contributed by atoms with Gasteiger partial charge in [0, 0.05) is 10.5 Å². The standard InChI is InChI=1S/C14H20BrNO4S/c1-8-6-10(13(17)18)7-11(12(8)15)21(19,20)16-9(2)14(3,4)5/h6-7,9,16H,1-5H3,(H,17,18). The zero-order valence-electron chi connectivity index (χ0n) is 12.7. The van der Waals surface area contributed by atoms with E-state index in [2.05, 4.69) is 20.7 Å². The van der Waals surface area contributed by atoms with Crippen molar-refractivity contribution in [3.63, 3.8) is 0 Å². The van der Waals surface area contributed by atoms with Gasteiger partial charge < -0.3 is 5.11 Å². The molecular formula is C14H20BrNO4S. The smallest absolute Gasteiger partial charge is 0.335 e. The lowest BCUT2D eigenvalue weighted by atomic mass is 9.89. The normalized spacial score (nSPS) is 14.0. The number of aromatic carboxylic acids is 1. The van der Waals surface area contributed by atoms with Crippen molar-refractivity contribution in [2.45, 2.75) is 45.6 Å². The number of rotatable bonds is 4. The molecule has 0 radical (unpaired) electrons. The number of hydrogen-bond donors (Lipinski definition) is 2. The van der Waals surface area contributed by atoms with Gasteiger partial charge in [-0.05, 0) is 52.9 Å². The number of carboxylic acids is 1. The summed E-state index contributed by atoms with van der Waals surface area (Å²) in [7, 11) is -3.81. The van der Waals surface area contributed by atoms with Crippen LogP contribution in [0.2, 0.25) is 0 Å². The van der Waals surface area contributed by atoms with Crippen molar-refractivity contribution in [3.05, 3.63) is 27.7 Å². The molecule has 21 heavy (non-hydrogen) atoms. The van der Waals surface area contributed by atoms with E-state index in [1.807, 2.05) is 20.8 Å². The van der Waals surface area contributed by atoms with Crippen LogP contribution in [0, 0.1) is 12.3 Å². The number of benzene rings is 1. The molecule has 2 N–H and O–H groups in total. The van der Waals surface area contributed by atoms with Gasteiger partial charge in [-0.1, -0.05) is 20.8 Å². The average Bonchev–Trinajstić information content (AvgIpc) is 2.29. The van der Waals surface area contributed by atoms with Crippen molar-refractivity contribution >= 4 is 31.9 Å². The Morgan fingerprint density at radius 2 is 1.86 bits per heavy atom. The first kappa shape index (κ1) is 18.1. The number of carboxylic acid groups (broad SMARTS) is 1. The Hall–Kier alpha value is -0.920. The Morgan fingerprint density at radius 3 is 2.29 bits per heavy atom. The van der Waals surface area contributed by atoms with Gasteiger partial charge in [0.25, 0.3) is 0 Å². The van der Waals surface area contributed by atoms with Crippen molar-refractivity contribution in [3.8, 4) is 0 Å². The molecule has 0 fully saturated rings. The minimum absolute atomic E-state index is 0.0560. The highest BCUT2D eigenvalue weighted by Crippen LogP contribution is 2.29. The highest BCUT2D eigenvalue weighted by Gasteiger charge is 2.28. The number of halogens is 1. The fourth-order valence-corrected chi connectivity index (χ4v) is 4.02. The number of sulfonamides is 1. The first-order valence-corrected chi connectivity index (χ1v) is 8.69. The minimum atomic E-state index is -3.81. The van der Waals surface area contributed by atoms with E-state index >= 15 is 0 Å². The van der Waals surface area contributed by atoms with Gasteiger partial charge in [-0.15, -0.1) is 0 Å². The van der Waals surface area contributed by atoms with E-state index in [1.54, 1.807) is 13.8 Å². The molecule has 1 aromatic carbocycles. The third-order valence-electron chi connectivity index (χ3n) is 3.39. The summed E-state index contributed by atoms with van der Waals surface area (Å²) < 4.78 is 28.0. The van der Waals surface area contributed by atoms with E-state index in [9.17, 15) is 13.2 Å². The molecule has 0 saturated carbocycles. The summed E-state index contributed by atoms with van der Waals surface area (Å²) in [5.41, 5.74) is 0.247. The Balaban J connectivity index is 3.35. The summed E-state index contributed by atoms with van der Waals surface area (Å²) >= 11 is 3.23. The molecule has 0 amide bonds. The lowest BCUT2D eigenvalue weighted by molar-refractivity contribution is 0.0696. The number of nitrogens with one attached hydrogen (secondary N) is 1. The Kier molecular flexibility index (Phi) is 5.23. The van der Waals surface area contributed by atoms with Crippen molar-refractivity contribution in [2.75, 3.05) is 0 Å². The zero-order chi connectivity index (χ0) is 16.6. The van der Waals surface area contributed by atoms with Crippen LogP contribution in [-0.2, 0) is 10.0 Å². The molecule has 0 aliphatic heterocycles. The number of aryl methyl sites for hydroxylation is 1. The van der Waals surface area contributed by atoms with E-state index in [4.69, 9.17) is 5.11 Å². The van der Waals surface area contributed by atoms with Crippen molar-refractivity contribution in [1.29, 1.82) is 0 Å². The molecule has 7 heteroatoms. The fourth-order valence-electron chi connectivity index (χ4n) is 1.53. The maximum atomic E-state index is 12.5. The van der Waals surface area contributed by atoms with Crippen LogP contribution >= 0.6 is 15.9 Å². The third kappa shape index (κ3) is 4.28. The van der Waals surface area contributed by atoms with Crippen LogP contribution in [0.3, 0.4) is 0 Å². The van der Waals surface area contributed by atoms with Gasteiger partial charge >= 0.3 is 5.97 Å². The second kappa shape index (κ2) is 6.06. The first-order valence-electron chi connectivity index (χ1n) is 6.42. The molecule has 0 heterocycles. The number of carbonyl (C=O) groups is 1. The molecule has 0 bridgehead atoms. The summed E-state index contributed by atoms with van der Waals surface area (Å²) in [6.07, 6.45) is 0. The largest absolute Gasteiger partial charge is 0.478 e. The van der Waals surface area contributed by atoms with Gasteiger partial charge in [0.1, 0.15) is 0 Å². The predicted octanol–water partition coefficient (Wildman–Crippen LogP) is 3.17. The lowest BCUT2D eigenvalue weighted by Crippen LogP contribution is -2.41. The average molecular weight is 378 g/mol. The molecule has 118 valence electrons. The van der Waals surface area contributed by atoms with Gasteiger partial charge in [-0.3, -0.25) is 0 Å². The molecule has 0 aliphatic carbocycles. The predicted molar refractivity (Wildman–Crippen MR) is 85.1 cm³/mol. The minimum Gasteiger partial charge on any atom is -0.478 e. The topological polar surface area (TPSA) is 83.5 Å². The molecule has 1 atom stereocenters. The van der Waals surface area contributed by atoms with Crippen molar-refractivity contribution in [2.24, 2.45) is 5.41 Å². The highest BCUT2D eigenvalue weighted by molar-refractivity contribution is 9.10. The summed E-state index contributed by atoms with van der Waals surface area (Å²) in [6.45, 7) is 9.21. The van der Waals surface area contributed by atoms with E-state index in [1.165, 1.54) is 6.07 Å². The van der Waals surface area contributed by atoms with Crippen molar-refractivity contribution in [1.82, 2.24) is 4.72 Å². The number of hydrogen-bond acceptors (Lipinski definition) is 3. The Labute approximate surface area is 133 Å². The maximum absolute atomic E-state index is 12.5. The highest BCUT2D eigenvalue weighted by atomic mass is 79.9. The molecular weight excluding hydrogens is 358 g/mol. The summed E-state index contributed by atoms with van der Waals surface area (Å²) in [5.74, 6) is -1.16. The second-order valence-electron chi connectivity index (χ2n) is 6.12. The summed E-state index contributed by atoms with van der Waals surface area (Å²) in [4.78, 5) is 11.0. The van der Waals surface area contributed by atoms with Gasteiger partial charge in [-0.2, -0.15) is 0 Å². The summed E-state index contributed by atoms with van der Waals surface area (Å²) in [6, 6.07) is 2.29. The van der Waals surface area contributed by atoms with Crippen LogP contribution in [0.25, 0.3) is 0 Å². The molecule has 1 rings (SSSR count). The summed E-state index contributed by atoms with van der Waals surface area (Å²) in [5, 5.41) is 9.07. The maximum Gasteiger partial charge on any atom is 0.335 e. The van der Waals surface area contributed by atoms with Crippen LogP contribution < -0.4 is 4.72 Å². The molecule has 0 saturated heterocycles. The Morgan fingerprint density at radius 1 is 1.33 bits per heavy atom. The van der Waals surface area contributed by atoms with Gasteiger partial charge in [0.05, 0.1) is 10.5 Å². The molecule has 5 nitrogen and oxygen atoms in total. The zero-order valence-corrected chi connectivity index (χ0v) is 15.1. The Bertz CT molecular complexity index is 662. The van der Waals surface area contributed by atoms with E-state index in [0.29, 0.717) is 10.0 Å². The van der Waals surface area contributed by atoms with E-state index in [-0.39, 0.29) is 21.9 Å². The SMILES string of the molecule is Cc1cc(C(=O)O)cc(S(=O)(=O)NC(C)C(C)(C)C)c1Br. The van der Waals surface area contributed by atoms with Crippen LogP contribution in [0.4, 0.5) is 0 Å². The van der Waals surface area contributed by atoms with Crippen molar-refractivity contribution < 1.29 is 18.3 Å². The first-order chi connectivity index (χ1) is 9.36. The van der Waals surface area contributed by atoms with E-state index < -0.39 is 16.0 Å². The van der Waals surface area contributed by atoms with E-state index in [0.717, 1.165) is 6.07 Å². The van der Waals surface area contributed by atoms with Crippen LogP contribution in [-0.4, -0.2) is 25.5 Å². The molecule has 1 aromatic rings. The molecule has 0 aromatic heterocycles. The monoisotopic (exact) mass is 377 g/mol. The lowest BCUT2D eigenvalue weighted by Gasteiger charge is -2.28. The molecule has 0 aliphatic rings.